The van der Waals surface area contributed by atoms with E-state index >= 15 is 0 Å². The predicted octanol–water partition coefficient (Wildman–Crippen LogP) is 3.30. The maximum Gasteiger partial charge on any atom is 0.424 e. The summed E-state index contributed by atoms with van der Waals surface area (Å²) >= 11 is 1.79. The maximum absolute atomic E-state index is 13.5. The summed E-state index contributed by atoms with van der Waals surface area (Å²) in [4.78, 5) is 22.5. The molecular formula is C18H23F3N4O3S2. The van der Waals surface area contributed by atoms with Crippen molar-refractivity contribution in [1.82, 2.24) is 14.9 Å². The van der Waals surface area contributed by atoms with E-state index in [1.165, 1.54) is 12.3 Å². The number of alkyl halides is 3. The first-order valence-corrected chi connectivity index (χ1v) is 11.1. The highest BCUT2D eigenvalue weighted by molar-refractivity contribution is 7.14. The summed E-state index contributed by atoms with van der Waals surface area (Å²) in [6, 6.07) is 0. The zero-order valence-corrected chi connectivity index (χ0v) is 18.3. The number of aromatic nitrogens is 2. The minimum absolute atomic E-state index is 0.0982. The fraction of sp³-hybridized carbons (Fsp3) is 0.611. The van der Waals surface area contributed by atoms with Gasteiger partial charge < -0.3 is 15.2 Å². The van der Waals surface area contributed by atoms with Crippen LogP contribution in [0.1, 0.15) is 36.7 Å². The Morgan fingerprint density at radius 3 is 2.50 bits per heavy atom. The van der Waals surface area contributed by atoms with Crippen LogP contribution >= 0.6 is 22.7 Å². The molecule has 0 saturated carbocycles. The second kappa shape index (κ2) is 8.87. The Bertz CT molecular complexity index is 878. The van der Waals surface area contributed by atoms with Crippen LogP contribution in [0.25, 0.3) is 0 Å². The van der Waals surface area contributed by atoms with Crippen molar-refractivity contribution >= 4 is 33.7 Å². The summed E-state index contributed by atoms with van der Waals surface area (Å²) < 4.78 is 46.3. The van der Waals surface area contributed by atoms with Gasteiger partial charge in [0.05, 0.1) is 24.3 Å². The van der Waals surface area contributed by atoms with Crippen LogP contribution in [-0.4, -0.2) is 57.4 Å². The molecule has 3 rings (SSSR count). The molecule has 1 aliphatic rings. The topological polar surface area (TPSA) is 87.6 Å². The highest BCUT2D eigenvalue weighted by Crippen LogP contribution is 2.43. The second-order valence-electron chi connectivity index (χ2n) is 7.47. The van der Waals surface area contributed by atoms with Crippen molar-refractivity contribution in [1.29, 1.82) is 0 Å². The van der Waals surface area contributed by atoms with Gasteiger partial charge in [0.25, 0.3) is 0 Å². The van der Waals surface area contributed by atoms with Crippen molar-refractivity contribution in [3.8, 4) is 0 Å². The number of carbonyl (C=O) groups excluding carboxylic acids is 1. The molecule has 7 nitrogen and oxygen atoms in total. The molecule has 0 bridgehead atoms. The van der Waals surface area contributed by atoms with Crippen LogP contribution in [0.15, 0.2) is 10.8 Å². The van der Waals surface area contributed by atoms with Gasteiger partial charge in [-0.05, 0) is 20.8 Å². The lowest BCUT2D eigenvalue weighted by molar-refractivity contribution is -0.266. The molecule has 1 fully saturated rings. The monoisotopic (exact) mass is 464 g/mol. The Balaban J connectivity index is 1.64. The number of halogens is 3. The van der Waals surface area contributed by atoms with Gasteiger partial charge in [-0.15, -0.1) is 22.7 Å². The van der Waals surface area contributed by atoms with Crippen molar-refractivity contribution in [2.24, 2.45) is 0 Å². The van der Waals surface area contributed by atoms with Gasteiger partial charge in [0.2, 0.25) is 11.5 Å². The summed E-state index contributed by atoms with van der Waals surface area (Å²) in [5.74, 6) is -0.989. The Kier molecular flexibility index (Phi) is 6.82. The lowest BCUT2D eigenvalue weighted by Crippen LogP contribution is -2.45. The number of morpholine rings is 1. The van der Waals surface area contributed by atoms with E-state index < -0.39 is 29.1 Å². The average Bonchev–Trinajstić information content (AvgIpc) is 3.22. The van der Waals surface area contributed by atoms with Crippen LogP contribution < -0.4 is 5.32 Å². The smallest absolute Gasteiger partial charge is 0.374 e. The largest absolute Gasteiger partial charge is 0.424 e. The Morgan fingerprint density at radius 1 is 1.27 bits per heavy atom. The van der Waals surface area contributed by atoms with Gasteiger partial charge in [-0.2, -0.15) is 13.2 Å². The highest BCUT2D eigenvalue weighted by atomic mass is 32.1. The third kappa shape index (κ3) is 5.35. The molecule has 3 atom stereocenters. The predicted molar refractivity (Wildman–Crippen MR) is 107 cm³/mol. The summed E-state index contributed by atoms with van der Waals surface area (Å²) in [5, 5.41) is 15.4. The van der Waals surface area contributed by atoms with Crippen molar-refractivity contribution in [3.63, 3.8) is 0 Å². The third-order valence-electron chi connectivity index (χ3n) is 4.54. The molecule has 1 saturated heterocycles. The van der Waals surface area contributed by atoms with Crippen molar-refractivity contribution in [2.45, 2.75) is 57.7 Å². The quantitative estimate of drug-likeness (QED) is 0.682. The van der Waals surface area contributed by atoms with E-state index in [2.05, 4.69) is 20.2 Å². The summed E-state index contributed by atoms with van der Waals surface area (Å²) in [5.41, 5.74) is -2.30. The van der Waals surface area contributed by atoms with E-state index in [0.717, 1.165) is 24.4 Å². The van der Waals surface area contributed by atoms with Crippen LogP contribution in [-0.2, 0) is 21.7 Å². The van der Waals surface area contributed by atoms with Crippen LogP contribution in [0.5, 0.6) is 0 Å². The fourth-order valence-corrected chi connectivity index (χ4v) is 4.95. The number of carbonyl (C=O) groups is 1. The van der Waals surface area contributed by atoms with Crippen LogP contribution in [0.3, 0.4) is 0 Å². The molecule has 0 spiro atoms. The molecule has 1 amide bonds. The summed E-state index contributed by atoms with van der Waals surface area (Å²) in [6.07, 6.45) is -6.05. The molecule has 0 aromatic carbocycles. The van der Waals surface area contributed by atoms with E-state index in [0.29, 0.717) is 29.3 Å². The first-order chi connectivity index (χ1) is 14.0. The molecule has 0 aliphatic carbocycles. The number of hydrogen-bond donors (Lipinski definition) is 2. The standard InChI is InChI=1S/C18H23F3N4O3S2/c1-10-8-29-15(22-10)17(27,18(19,20)21)4-14(26)24-16-23-13(9-30-16)7-25-5-11(2)28-12(3)6-25/h8-9,11-12,27H,4-7H2,1-3H3,(H,23,24,26). The Labute approximate surface area is 179 Å². The first kappa shape index (κ1) is 23.1. The van der Waals surface area contributed by atoms with Crippen molar-refractivity contribution in [3.05, 3.63) is 27.2 Å². The van der Waals surface area contributed by atoms with E-state index in [-0.39, 0.29) is 17.3 Å². The number of nitrogens with one attached hydrogen (secondary N) is 1. The second-order valence-corrected chi connectivity index (χ2v) is 9.19. The van der Waals surface area contributed by atoms with Gasteiger partial charge >= 0.3 is 6.18 Å². The van der Waals surface area contributed by atoms with E-state index in [9.17, 15) is 23.1 Å². The molecule has 12 heteroatoms. The molecule has 1 aliphatic heterocycles. The summed E-state index contributed by atoms with van der Waals surface area (Å²) in [6.45, 7) is 7.53. The zero-order valence-electron chi connectivity index (χ0n) is 16.7. The first-order valence-electron chi connectivity index (χ1n) is 9.30. The SMILES string of the molecule is Cc1csc(C(O)(CC(=O)Nc2nc(CN3CC(C)OC(C)C3)cs2)C(F)(F)F)n1. The molecular weight excluding hydrogens is 441 g/mol. The van der Waals surface area contributed by atoms with E-state index in [1.807, 2.05) is 13.8 Å². The molecule has 2 N–H and O–H groups in total. The zero-order chi connectivity index (χ0) is 22.1. The van der Waals surface area contributed by atoms with Gasteiger partial charge in [0.1, 0.15) is 5.01 Å². The molecule has 3 heterocycles. The third-order valence-corrected chi connectivity index (χ3v) is 6.45. The van der Waals surface area contributed by atoms with Crippen LogP contribution in [0, 0.1) is 6.92 Å². The van der Waals surface area contributed by atoms with Crippen molar-refractivity contribution in [2.75, 3.05) is 18.4 Å². The number of amides is 1. The molecule has 3 unspecified atom stereocenters. The number of anilines is 1. The van der Waals surface area contributed by atoms with Crippen LogP contribution in [0.4, 0.5) is 18.3 Å². The molecule has 166 valence electrons. The number of nitrogens with zero attached hydrogens (tertiary/aromatic N) is 3. The number of hydrogen-bond acceptors (Lipinski definition) is 8. The van der Waals surface area contributed by atoms with Gasteiger partial charge in [0, 0.05) is 36.1 Å². The molecule has 30 heavy (non-hydrogen) atoms. The number of ether oxygens (including phenoxy) is 1. The lowest BCUT2D eigenvalue weighted by atomic mass is 9.99. The van der Waals surface area contributed by atoms with Gasteiger partial charge in [-0.1, -0.05) is 0 Å². The van der Waals surface area contributed by atoms with E-state index in [1.54, 1.807) is 5.38 Å². The number of aliphatic hydroxyl groups is 1. The lowest BCUT2D eigenvalue weighted by Gasteiger charge is -2.34. The van der Waals surface area contributed by atoms with Gasteiger partial charge in [-0.25, -0.2) is 9.97 Å². The molecule has 2 aromatic rings. The Hall–Kier alpha value is -1.60. The fourth-order valence-electron chi connectivity index (χ4n) is 3.32. The minimum atomic E-state index is -5.05. The summed E-state index contributed by atoms with van der Waals surface area (Å²) in [7, 11) is 0. The van der Waals surface area contributed by atoms with Gasteiger partial charge in [0.15, 0.2) is 5.13 Å². The average molecular weight is 465 g/mol. The molecule has 2 aromatic heterocycles. The highest BCUT2D eigenvalue weighted by Gasteiger charge is 2.58. The van der Waals surface area contributed by atoms with E-state index in [4.69, 9.17) is 4.74 Å². The Morgan fingerprint density at radius 2 is 1.93 bits per heavy atom. The maximum atomic E-state index is 13.5. The normalized spacial score (nSPS) is 22.6. The number of thiazole rings is 2. The number of rotatable bonds is 6. The number of aryl methyl sites for hydroxylation is 1. The van der Waals surface area contributed by atoms with Crippen molar-refractivity contribution < 1.29 is 27.8 Å². The van der Waals surface area contributed by atoms with Crippen LogP contribution in [0.2, 0.25) is 0 Å². The minimum Gasteiger partial charge on any atom is -0.374 e. The van der Waals surface area contributed by atoms with Gasteiger partial charge in [-0.3, -0.25) is 9.69 Å². The molecule has 0 radical (unpaired) electrons.